The van der Waals surface area contributed by atoms with Crippen molar-refractivity contribution in [3.63, 3.8) is 0 Å². The smallest absolute Gasteiger partial charge is 0.360 e. The number of aromatic nitrogens is 4. The van der Waals surface area contributed by atoms with E-state index in [1.807, 2.05) is 0 Å². The average molecular weight is 454 g/mol. The summed E-state index contributed by atoms with van der Waals surface area (Å²) in [6, 6.07) is 3.73. The van der Waals surface area contributed by atoms with Gasteiger partial charge in [-0.3, -0.25) is 0 Å². The van der Waals surface area contributed by atoms with E-state index < -0.39 is 5.97 Å². The topological polar surface area (TPSA) is 164 Å². The van der Waals surface area contributed by atoms with Crippen molar-refractivity contribution in [2.24, 2.45) is 0 Å². The normalized spacial score (nSPS) is 14.2. The van der Waals surface area contributed by atoms with Crippen LogP contribution in [0.3, 0.4) is 0 Å². The summed E-state index contributed by atoms with van der Waals surface area (Å²) in [5, 5.41) is 4.03. The van der Waals surface area contributed by atoms with Gasteiger partial charge in [-0.25, -0.2) is 19.7 Å². The zero-order valence-corrected chi connectivity index (χ0v) is 18.7. The molecule has 2 aromatic heterocycles. The average Bonchev–Trinajstić information content (AvgIpc) is 2.83. The summed E-state index contributed by atoms with van der Waals surface area (Å²) in [6.45, 7) is 1.44. The van der Waals surface area contributed by atoms with Gasteiger partial charge in [-0.2, -0.15) is 4.98 Å². The van der Waals surface area contributed by atoms with Gasteiger partial charge in [0, 0.05) is 30.6 Å². The zero-order chi connectivity index (χ0) is 23.5. The molecule has 0 amide bonds. The molecule has 0 saturated carbocycles. The number of nitrogen functional groups attached to an aromatic ring is 2. The summed E-state index contributed by atoms with van der Waals surface area (Å²) in [5.74, 6) is 2.01. The Labute approximate surface area is 190 Å². The van der Waals surface area contributed by atoms with Crippen LogP contribution in [0, 0.1) is 0 Å². The van der Waals surface area contributed by atoms with Crippen molar-refractivity contribution in [1.82, 2.24) is 19.9 Å². The van der Waals surface area contributed by atoms with Crippen LogP contribution < -0.4 is 31.2 Å². The van der Waals surface area contributed by atoms with Crippen molar-refractivity contribution in [1.29, 1.82) is 0 Å². The molecule has 1 aliphatic rings. The van der Waals surface area contributed by atoms with Gasteiger partial charge in [0.1, 0.15) is 11.6 Å². The number of hydrogen-bond acceptors (Lipinski definition) is 12. The number of piperidine rings is 1. The second-order valence-corrected chi connectivity index (χ2v) is 7.52. The van der Waals surface area contributed by atoms with Gasteiger partial charge in [0.05, 0.1) is 33.0 Å². The molecule has 5 N–H and O–H groups in total. The van der Waals surface area contributed by atoms with E-state index in [-0.39, 0.29) is 17.6 Å². The quantitative estimate of drug-likeness (QED) is 0.460. The van der Waals surface area contributed by atoms with Crippen LogP contribution in [0.5, 0.6) is 11.5 Å². The highest BCUT2D eigenvalue weighted by molar-refractivity contribution is 5.92. The number of nitrogens with zero attached hydrogens (tertiary/aromatic N) is 5. The number of nitrogens with two attached hydrogens (primary N) is 2. The molecule has 12 heteroatoms. The van der Waals surface area contributed by atoms with E-state index in [0.29, 0.717) is 40.0 Å². The van der Waals surface area contributed by atoms with Gasteiger partial charge in [-0.15, -0.1) is 0 Å². The number of anilines is 4. The first-order valence-electron chi connectivity index (χ1n) is 10.3. The van der Waals surface area contributed by atoms with E-state index in [1.165, 1.54) is 13.3 Å². The van der Waals surface area contributed by atoms with Crippen LogP contribution in [-0.2, 0) is 4.74 Å². The van der Waals surface area contributed by atoms with Crippen molar-refractivity contribution in [3.8, 4) is 11.5 Å². The van der Waals surface area contributed by atoms with Crippen molar-refractivity contribution >= 4 is 40.3 Å². The summed E-state index contributed by atoms with van der Waals surface area (Å²) >= 11 is 0. The van der Waals surface area contributed by atoms with Gasteiger partial charge in [-0.05, 0) is 18.9 Å². The molecule has 4 rings (SSSR count). The summed E-state index contributed by atoms with van der Waals surface area (Å²) in [5.41, 5.74) is 12.7. The third-order valence-electron chi connectivity index (χ3n) is 5.53. The van der Waals surface area contributed by atoms with E-state index in [9.17, 15) is 4.79 Å². The van der Waals surface area contributed by atoms with Crippen LogP contribution in [0.1, 0.15) is 23.3 Å². The monoisotopic (exact) mass is 454 g/mol. The van der Waals surface area contributed by atoms with Gasteiger partial charge in [0.25, 0.3) is 0 Å². The second-order valence-electron chi connectivity index (χ2n) is 7.52. The number of ether oxygens (including phenoxy) is 3. The Morgan fingerprint density at radius 3 is 2.36 bits per heavy atom. The highest BCUT2D eigenvalue weighted by Crippen LogP contribution is 2.34. The molecule has 0 spiro atoms. The maximum Gasteiger partial charge on any atom is 0.360 e. The van der Waals surface area contributed by atoms with Gasteiger partial charge in [-0.1, -0.05) is 0 Å². The Hall–Kier alpha value is -4.09. The maximum atomic E-state index is 11.6. The van der Waals surface area contributed by atoms with Crippen LogP contribution >= 0.6 is 0 Å². The molecule has 0 unspecified atom stereocenters. The van der Waals surface area contributed by atoms with E-state index in [1.54, 1.807) is 26.4 Å². The van der Waals surface area contributed by atoms with Crippen LogP contribution in [0.15, 0.2) is 18.3 Å². The number of fused-ring (bicyclic) bond motifs is 1. The number of esters is 1. The first-order chi connectivity index (χ1) is 15.9. The highest BCUT2D eigenvalue weighted by atomic mass is 16.5. The van der Waals surface area contributed by atoms with Crippen LogP contribution in [0.4, 0.5) is 23.4 Å². The molecular formula is C21H26N8O4. The molecular weight excluding hydrogens is 428 g/mol. The predicted molar refractivity (Wildman–Crippen MR) is 124 cm³/mol. The minimum atomic E-state index is -0.620. The SMILES string of the molecule is COC(=O)c1ncc(NC2CCN(c3nc(N)c4cc(OC)c(OC)cc4n3)CC2)nc1N. The standard InChI is InChI=1S/C21H26N8O4/c1-31-14-8-12-13(9-15(14)32-2)26-21(28-18(12)22)29-6-4-11(5-7-29)25-16-10-24-17(19(23)27-16)20(30)33-3/h8-11H,4-7H2,1-3H3,(H2,22,26,28)(H3,23,25,27). The molecule has 0 atom stereocenters. The summed E-state index contributed by atoms with van der Waals surface area (Å²) in [4.78, 5) is 31.2. The van der Waals surface area contributed by atoms with E-state index >= 15 is 0 Å². The number of benzene rings is 1. The number of methoxy groups -OCH3 is 3. The minimum absolute atomic E-state index is 0.00170. The Kier molecular flexibility index (Phi) is 6.16. The van der Waals surface area contributed by atoms with Crippen molar-refractivity contribution in [3.05, 3.63) is 24.0 Å². The fourth-order valence-corrected chi connectivity index (χ4v) is 3.77. The molecule has 1 saturated heterocycles. The zero-order valence-electron chi connectivity index (χ0n) is 18.7. The number of nitrogens with one attached hydrogen (secondary N) is 1. The van der Waals surface area contributed by atoms with Gasteiger partial charge >= 0.3 is 5.97 Å². The van der Waals surface area contributed by atoms with Gasteiger partial charge in [0.15, 0.2) is 23.0 Å². The van der Waals surface area contributed by atoms with Gasteiger partial charge in [0.2, 0.25) is 5.95 Å². The number of hydrogen-bond donors (Lipinski definition) is 3. The largest absolute Gasteiger partial charge is 0.493 e. The Morgan fingerprint density at radius 1 is 1.03 bits per heavy atom. The minimum Gasteiger partial charge on any atom is -0.493 e. The Bertz CT molecular complexity index is 1180. The molecule has 174 valence electrons. The van der Waals surface area contributed by atoms with Gasteiger partial charge < -0.3 is 35.9 Å². The third-order valence-corrected chi connectivity index (χ3v) is 5.53. The Morgan fingerprint density at radius 2 is 1.73 bits per heavy atom. The fourth-order valence-electron chi connectivity index (χ4n) is 3.77. The molecule has 12 nitrogen and oxygen atoms in total. The second kappa shape index (κ2) is 9.18. The lowest BCUT2D eigenvalue weighted by Crippen LogP contribution is -2.40. The Balaban J connectivity index is 1.45. The molecule has 0 aliphatic carbocycles. The molecule has 0 radical (unpaired) electrons. The maximum absolute atomic E-state index is 11.6. The van der Waals surface area contributed by atoms with E-state index in [0.717, 1.165) is 25.9 Å². The molecule has 1 fully saturated rings. The lowest BCUT2D eigenvalue weighted by atomic mass is 10.1. The lowest BCUT2D eigenvalue weighted by molar-refractivity contribution is 0.0595. The third kappa shape index (κ3) is 4.45. The molecule has 3 heterocycles. The first-order valence-corrected chi connectivity index (χ1v) is 10.3. The first kappa shape index (κ1) is 22.1. The van der Waals surface area contributed by atoms with Crippen LogP contribution in [0.25, 0.3) is 10.9 Å². The molecule has 1 aromatic carbocycles. The molecule has 3 aromatic rings. The summed E-state index contributed by atoms with van der Waals surface area (Å²) in [7, 11) is 4.41. The molecule has 33 heavy (non-hydrogen) atoms. The fraction of sp³-hybridized carbons (Fsp3) is 0.381. The van der Waals surface area contributed by atoms with E-state index in [2.05, 4.69) is 29.9 Å². The number of carbonyl (C=O) groups is 1. The summed E-state index contributed by atoms with van der Waals surface area (Å²) < 4.78 is 15.4. The molecule has 1 aliphatic heterocycles. The highest BCUT2D eigenvalue weighted by Gasteiger charge is 2.23. The number of carbonyl (C=O) groups excluding carboxylic acids is 1. The molecule has 0 bridgehead atoms. The number of rotatable bonds is 6. The van der Waals surface area contributed by atoms with Crippen molar-refractivity contribution in [2.45, 2.75) is 18.9 Å². The van der Waals surface area contributed by atoms with E-state index in [4.69, 9.17) is 25.9 Å². The van der Waals surface area contributed by atoms with Crippen LogP contribution in [-0.4, -0.2) is 66.4 Å². The van der Waals surface area contributed by atoms with Crippen molar-refractivity contribution in [2.75, 3.05) is 56.1 Å². The predicted octanol–water partition coefficient (Wildman–Crippen LogP) is 1.47. The van der Waals surface area contributed by atoms with Crippen molar-refractivity contribution < 1.29 is 19.0 Å². The lowest BCUT2D eigenvalue weighted by Gasteiger charge is -2.32. The summed E-state index contributed by atoms with van der Waals surface area (Å²) in [6.07, 6.45) is 3.10. The van der Waals surface area contributed by atoms with Crippen LogP contribution in [0.2, 0.25) is 0 Å².